The van der Waals surface area contributed by atoms with Gasteiger partial charge in [-0.25, -0.2) is 9.97 Å². The number of imidazole rings is 2. The van der Waals surface area contributed by atoms with E-state index in [0.29, 0.717) is 40.8 Å². The van der Waals surface area contributed by atoms with Gasteiger partial charge in [-0.3, -0.25) is 24.2 Å². The Balaban J connectivity index is 1.29. The Hall–Kier alpha value is -5.45. The van der Waals surface area contributed by atoms with Crippen LogP contribution in [0.1, 0.15) is 85.6 Å². The SMILES string of the molecule is CC(C)c1nc2c(n1Cc1ccnc(-c3ccc4c(c3)C(=O)C(=O)c3[nH]c(C(C)(F)F)nc3-4)c1)C(=O)C(=O)c1ccccc1-2. The fraction of sp³-hybridized carbons (Fsp3) is 0.182. The number of pyridine rings is 1. The summed E-state index contributed by atoms with van der Waals surface area (Å²) >= 11 is 0. The van der Waals surface area contributed by atoms with E-state index in [9.17, 15) is 28.0 Å². The highest BCUT2D eigenvalue weighted by Crippen LogP contribution is 2.38. The van der Waals surface area contributed by atoms with Gasteiger partial charge in [-0.1, -0.05) is 50.2 Å². The molecule has 2 aliphatic rings. The zero-order valence-corrected chi connectivity index (χ0v) is 23.7. The maximum Gasteiger partial charge on any atom is 0.301 e. The number of nitrogens with one attached hydrogen (secondary N) is 1. The van der Waals surface area contributed by atoms with Crippen LogP contribution in [0.25, 0.3) is 33.8 Å². The van der Waals surface area contributed by atoms with Crippen LogP contribution in [0.15, 0.2) is 60.8 Å². The van der Waals surface area contributed by atoms with Gasteiger partial charge in [0, 0.05) is 53.4 Å². The van der Waals surface area contributed by atoms with Crippen molar-refractivity contribution in [2.75, 3.05) is 0 Å². The third kappa shape index (κ3) is 4.07. The molecule has 0 radical (unpaired) electrons. The number of ketones is 4. The zero-order valence-electron chi connectivity index (χ0n) is 23.7. The van der Waals surface area contributed by atoms with Crippen molar-refractivity contribution in [1.82, 2.24) is 24.5 Å². The van der Waals surface area contributed by atoms with E-state index in [4.69, 9.17) is 4.98 Å². The summed E-state index contributed by atoms with van der Waals surface area (Å²) in [5.74, 6) is -6.40. The molecule has 2 aromatic carbocycles. The predicted molar refractivity (Wildman–Crippen MR) is 155 cm³/mol. The molecule has 3 aromatic heterocycles. The molecule has 0 saturated carbocycles. The summed E-state index contributed by atoms with van der Waals surface area (Å²) < 4.78 is 29.6. The summed E-state index contributed by atoms with van der Waals surface area (Å²) in [6, 6.07) is 15.2. The third-order valence-electron chi connectivity index (χ3n) is 7.89. The number of H-pyrrole nitrogens is 1. The average Bonchev–Trinajstić information content (AvgIpc) is 3.62. The zero-order chi connectivity index (χ0) is 31.1. The van der Waals surface area contributed by atoms with Crippen LogP contribution in [0.4, 0.5) is 8.78 Å². The summed E-state index contributed by atoms with van der Waals surface area (Å²) in [6.45, 7) is 4.80. The first-order valence-electron chi connectivity index (χ1n) is 13.9. The second-order valence-electron chi connectivity index (χ2n) is 11.3. The molecule has 1 N–H and O–H groups in total. The minimum Gasteiger partial charge on any atom is -0.334 e. The molecular formula is C33H23F2N5O4. The highest BCUT2D eigenvalue weighted by Gasteiger charge is 2.39. The highest BCUT2D eigenvalue weighted by molar-refractivity contribution is 6.53. The van der Waals surface area contributed by atoms with Gasteiger partial charge in [0.05, 0.1) is 5.69 Å². The smallest absolute Gasteiger partial charge is 0.301 e. The molecule has 11 heteroatoms. The fourth-order valence-electron chi connectivity index (χ4n) is 5.79. The number of benzene rings is 2. The van der Waals surface area contributed by atoms with Crippen molar-refractivity contribution in [2.24, 2.45) is 0 Å². The first-order valence-corrected chi connectivity index (χ1v) is 13.9. The number of Topliss-reactive ketones (excluding diaryl/α,β-unsaturated/α-hetero) is 4. The number of hydrogen-bond acceptors (Lipinski definition) is 7. The molecule has 0 unspecified atom stereocenters. The molecule has 0 bridgehead atoms. The number of rotatable bonds is 5. The minimum atomic E-state index is -3.32. The topological polar surface area (TPSA) is 128 Å². The molecule has 0 spiro atoms. The first kappa shape index (κ1) is 27.4. The Morgan fingerprint density at radius 3 is 2.25 bits per heavy atom. The molecule has 0 amide bonds. The Bertz CT molecular complexity index is 2100. The summed E-state index contributed by atoms with van der Waals surface area (Å²) in [5.41, 5.74) is 3.46. The largest absolute Gasteiger partial charge is 0.334 e. The number of nitrogens with zero attached hydrogens (tertiary/aromatic N) is 4. The molecular weight excluding hydrogens is 568 g/mol. The second kappa shape index (κ2) is 9.53. The van der Waals surface area contributed by atoms with Crippen LogP contribution < -0.4 is 0 Å². The monoisotopic (exact) mass is 591 g/mol. The number of aromatic nitrogens is 5. The summed E-state index contributed by atoms with van der Waals surface area (Å²) in [7, 11) is 0. The molecule has 9 nitrogen and oxygen atoms in total. The van der Waals surface area contributed by atoms with Gasteiger partial charge in [0.15, 0.2) is 5.82 Å². The summed E-state index contributed by atoms with van der Waals surface area (Å²) in [4.78, 5) is 67.6. The molecule has 3 heterocycles. The van der Waals surface area contributed by atoms with E-state index in [-0.39, 0.29) is 40.7 Å². The van der Waals surface area contributed by atoms with Crippen molar-refractivity contribution in [1.29, 1.82) is 0 Å². The van der Waals surface area contributed by atoms with Crippen LogP contribution in [-0.2, 0) is 12.5 Å². The lowest BCUT2D eigenvalue weighted by Gasteiger charge is -2.17. The molecule has 0 aliphatic heterocycles. The Labute approximate surface area is 249 Å². The van der Waals surface area contributed by atoms with Gasteiger partial charge in [-0.05, 0) is 23.8 Å². The number of alkyl halides is 2. The van der Waals surface area contributed by atoms with Crippen LogP contribution in [-0.4, -0.2) is 47.6 Å². The number of carbonyl (C=O) groups is 4. The molecule has 5 aromatic rings. The normalized spacial score (nSPS) is 14.0. The Morgan fingerprint density at radius 1 is 0.818 bits per heavy atom. The van der Waals surface area contributed by atoms with Gasteiger partial charge in [0.2, 0.25) is 11.6 Å². The lowest BCUT2D eigenvalue weighted by Crippen LogP contribution is -2.24. The number of carbonyl (C=O) groups excluding carboxylic acids is 4. The summed E-state index contributed by atoms with van der Waals surface area (Å²) in [5, 5.41) is 0. The number of aromatic amines is 1. The fourth-order valence-corrected chi connectivity index (χ4v) is 5.79. The van der Waals surface area contributed by atoms with Crippen molar-refractivity contribution in [3.63, 3.8) is 0 Å². The van der Waals surface area contributed by atoms with Gasteiger partial charge in [-0.2, -0.15) is 8.78 Å². The number of halogens is 2. The number of hydrogen-bond donors (Lipinski definition) is 1. The van der Waals surface area contributed by atoms with Crippen LogP contribution in [0.2, 0.25) is 0 Å². The maximum absolute atomic E-state index is 13.9. The van der Waals surface area contributed by atoms with Crippen molar-refractivity contribution in [3.8, 4) is 33.8 Å². The lowest BCUT2D eigenvalue weighted by atomic mass is 9.88. The van der Waals surface area contributed by atoms with Gasteiger partial charge < -0.3 is 9.55 Å². The van der Waals surface area contributed by atoms with Gasteiger partial charge >= 0.3 is 5.92 Å². The van der Waals surface area contributed by atoms with E-state index >= 15 is 0 Å². The van der Waals surface area contributed by atoms with Crippen LogP contribution in [0, 0.1) is 0 Å². The lowest BCUT2D eigenvalue weighted by molar-refractivity contribution is 0.00856. The van der Waals surface area contributed by atoms with E-state index < -0.39 is 34.9 Å². The van der Waals surface area contributed by atoms with E-state index in [1.807, 2.05) is 13.8 Å². The average molecular weight is 592 g/mol. The first-order chi connectivity index (χ1) is 20.9. The minimum absolute atomic E-state index is 0.00118. The third-order valence-corrected chi connectivity index (χ3v) is 7.89. The van der Waals surface area contributed by atoms with Crippen LogP contribution in [0.3, 0.4) is 0 Å². The molecule has 7 rings (SSSR count). The van der Waals surface area contributed by atoms with Crippen LogP contribution >= 0.6 is 0 Å². The molecule has 0 saturated heterocycles. The molecule has 2 aliphatic carbocycles. The van der Waals surface area contributed by atoms with E-state index in [2.05, 4.69) is 15.0 Å². The molecule has 0 atom stereocenters. The van der Waals surface area contributed by atoms with Crippen molar-refractivity contribution in [3.05, 3.63) is 101 Å². The number of fused-ring (bicyclic) bond motifs is 6. The van der Waals surface area contributed by atoms with Crippen LogP contribution in [0.5, 0.6) is 0 Å². The highest BCUT2D eigenvalue weighted by atomic mass is 19.3. The second-order valence-corrected chi connectivity index (χ2v) is 11.3. The van der Waals surface area contributed by atoms with Crippen molar-refractivity contribution < 1.29 is 28.0 Å². The molecule has 44 heavy (non-hydrogen) atoms. The predicted octanol–water partition coefficient (Wildman–Crippen LogP) is 6.04. The van der Waals surface area contributed by atoms with Gasteiger partial charge in [-0.15, -0.1) is 0 Å². The summed E-state index contributed by atoms with van der Waals surface area (Å²) in [6.07, 6.45) is 1.58. The Morgan fingerprint density at radius 2 is 1.52 bits per heavy atom. The quantitative estimate of drug-likeness (QED) is 0.247. The van der Waals surface area contributed by atoms with Crippen molar-refractivity contribution >= 4 is 23.1 Å². The molecule has 218 valence electrons. The van der Waals surface area contributed by atoms with Crippen molar-refractivity contribution in [2.45, 2.75) is 39.2 Å². The van der Waals surface area contributed by atoms with Gasteiger partial charge in [0.25, 0.3) is 11.6 Å². The van der Waals surface area contributed by atoms with Gasteiger partial charge in [0.1, 0.15) is 28.6 Å². The van der Waals surface area contributed by atoms with E-state index in [1.54, 1.807) is 59.3 Å². The molecule has 0 fully saturated rings. The Kier molecular flexibility index (Phi) is 5.93. The standard InChI is InChI=1S/C33H23F2N5O4/c1-15(2)31-37-24-18-6-4-5-7-20(18)27(41)30(44)26(24)40(31)14-16-10-11-36-22(12-16)17-8-9-19-21(13-17)28(42)29(43)25-23(19)38-32(39-25)33(3,34)35/h4-13,15H,14H2,1-3H3,(H,38,39). The maximum atomic E-state index is 13.9. The van der Waals surface area contributed by atoms with E-state index in [0.717, 1.165) is 5.56 Å². The van der Waals surface area contributed by atoms with E-state index in [1.165, 1.54) is 6.07 Å².